The number of anilines is 1. The molecular weight excluding hydrogens is 476 g/mol. The number of ether oxygens (including phenoxy) is 1. The van der Waals surface area contributed by atoms with Crippen molar-refractivity contribution in [2.75, 3.05) is 31.6 Å². The van der Waals surface area contributed by atoms with Crippen molar-refractivity contribution >= 4 is 21.7 Å². The molecule has 36 heavy (non-hydrogen) atoms. The number of rotatable bonds is 12. The highest BCUT2D eigenvalue weighted by molar-refractivity contribution is 7.87. The lowest BCUT2D eigenvalue weighted by molar-refractivity contribution is -0.134. The van der Waals surface area contributed by atoms with Crippen LogP contribution in [-0.4, -0.2) is 46.0 Å². The van der Waals surface area contributed by atoms with E-state index in [1.54, 1.807) is 23.1 Å². The average molecular weight is 519 g/mol. The van der Waals surface area contributed by atoms with Crippen molar-refractivity contribution in [1.82, 2.24) is 4.90 Å². The van der Waals surface area contributed by atoms with Gasteiger partial charge in [0.2, 0.25) is 5.91 Å². The smallest absolute Gasteiger partial charge is 0.339 e. The number of methoxy groups -OCH3 is 1. The van der Waals surface area contributed by atoms with Gasteiger partial charge in [-0.05, 0) is 55.5 Å². The van der Waals surface area contributed by atoms with Crippen molar-refractivity contribution < 1.29 is 22.1 Å². The van der Waals surface area contributed by atoms with Crippen molar-refractivity contribution in [3.8, 4) is 11.5 Å². The third kappa shape index (κ3) is 8.43. The van der Waals surface area contributed by atoms with E-state index >= 15 is 0 Å². The molecule has 0 spiro atoms. The first-order chi connectivity index (χ1) is 16.8. The number of benzene rings is 2. The normalized spacial score (nSPS) is 11.9. The molecule has 0 radical (unpaired) electrons. The molecule has 0 aliphatic heterocycles. The number of carbonyl (C=O) groups is 1. The average Bonchev–Trinajstić information content (AvgIpc) is 2.79. The fourth-order valence-corrected chi connectivity index (χ4v) is 4.87. The Hall–Kier alpha value is -2.74. The van der Waals surface area contributed by atoms with Gasteiger partial charge in [-0.1, -0.05) is 40.7 Å². The molecule has 8 heteroatoms. The summed E-state index contributed by atoms with van der Waals surface area (Å²) < 4.78 is 37.3. The van der Waals surface area contributed by atoms with Crippen LogP contribution in [0.4, 0.5) is 5.69 Å². The second kappa shape index (κ2) is 12.5. The summed E-state index contributed by atoms with van der Waals surface area (Å²) in [6, 6.07) is 11.7. The van der Waals surface area contributed by atoms with Gasteiger partial charge in [0.1, 0.15) is 16.4 Å². The third-order valence-corrected chi connectivity index (χ3v) is 6.96. The maximum Gasteiger partial charge on any atom is 0.339 e. The first-order valence-corrected chi connectivity index (χ1v) is 13.9. The van der Waals surface area contributed by atoms with Crippen LogP contribution in [0.25, 0.3) is 0 Å². The molecule has 2 rings (SSSR count). The van der Waals surface area contributed by atoms with Crippen LogP contribution in [0.15, 0.2) is 47.4 Å². The highest BCUT2D eigenvalue weighted by Gasteiger charge is 2.25. The van der Waals surface area contributed by atoms with E-state index in [0.717, 1.165) is 18.8 Å². The molecule has 2 aromatic rings. The van der Waals surface area contributed by atoms with Gasteiger partial charge in [-0.2, -0.15) is 8.42 Å². The van der Waals surface area contributed by atoms with Gasteiger partial charge >= 0.3 is 10.1 Å². The lowest BCUT2D eigenvalue weighted by Crippen LogP contribution is -2.36. The Bertz CT molecular complexity index is 1100. The second-order valence-electron chi connectivity index (χ2n) is 10.6. The number of amides is 1. The monoisotopic (exact) mass is 518 g/mol. The SMILES string of the molecule is CCN(CC)c1ccc(CN(CC(C)C)C(=O)CC(C)(C)C)c(OS(=O)(=O)c2ccc(OC)cc2)c1. The summed E-state index contributed by atoms with van der Waals surface area (Å²) in [5.74, 6) is 1.08. The lowest BCUT2D eigenvalue weighted by Gasteiger charge is -2.29. The Kier molecular flexibility index (Phi) is 10.2. The number of hydrogen-bond donors (Lipinski definition) is 0. The van der Waals surface area contributed by atoms with E-state index in [9.17, 15) is 13.2 Å². The van der Waals surface area contributed by atoms with Gasteiger partial charge < -0.3 is 18.7 Å². The molecule has 2 aromatic carbocycles. The first-order valence-electron chi connectivity index (χ1n) is 12.5. The molecule has 0 unspecified atom stereocenters. The zero-order chi connectivity index (χ0) is 27.1. The Morgan fingerprint density at radius 2 is 1.61 bits per heavy atom. The lowest BCUT2D eigenvalue weighted by atomic mass is 9.91. The van der Waals surface area contributed by atoms with Gasteiger partial charge in [0.05, 0.1) is 7.11 Å². The van der Waals surface area contributed by atoms with E-state index in [4.69, 9.17) is 8.92 Å². The molecular formula is C28H42N2O5S. The minimum atomic E-state index is -4.10. The molecule has 0 heterocycles. The Labute approximate surface area is 217 Å². The van der Waals surface area contributed by atoms with Crippen LogP contribution in [0.1, 0.15) is 60.5 Å². The van der Waals surface area contributed by atoms with Crippen LogP contribution in [-0.2, 0) is 21.5 Å². The molecule has 0 aliphatic carbocycles. The molecule has 0 bridgehead atoms. The van der Waals surface area contributed by atoms with Crippen LogP contribution < -0.4 is 13.8 Å². The Morgan fingerprint density at radius 3 is 2.11 bits per heavy atom. The zero-order valence-corrected chi connectivity index (χ0v) is 23.8. The highest BCUT2D eigenvalue weighted by Crippen LogP contribution is 2.31. The largest absolute Gasteiger partial charge is 0.497 e. The topological polar surface area (TPSA) is 76.2 Å². The fraction of sp³-hybridized carbons (Fsp3) is 0.536. The minimum absolute atomic E-state index is 0.0327. The van der Waals surface area contributed by atoms with Crippen molar-refractivity contribution in [2.24, 2.45) is 11.3 Å². The van der Waals surface area contributed by atoms with Crippen LogP contribution in [0.2, 0.25) is 0 Å². The first kappa shape index (κ1) is 29.5. The fourth-order valence-electron chi connectivity index (χ4n) is 3.91. The summed E-state index contributed by atoms with van der Waals surface area (Å²) in [5, 5.41) is 0. The number of hydrogen-bond acceptors (Lipinski definition) is 6. The Morgan fingerprint density at radius 1 is 1.00 bits per heavy atom. The van der Waals surface area contributed by atoms with Gasteiger partial charge in [-0.3, -0.25) is 4.79 Å². The minimum Gasteiger partial charge on any atom is -0.497 e. The van der Waals surface area contributed by atoms with Crippen molar-refractivity contribution in [3.05, 3.63) is 48.0 Å². The van der Waals surface area contributed by atoms with Crippen molar-refractivity contribution in [3.63, 3.8) is 0 Å². The number of carbonyl (C=O) groups excluding carboxylic acids is 1. The quantitative estimate of drug-likeness (QED) is 0.334. The summed E-state index contributed by atoms with van der Waals surface area (Å²) in [6.45, 7) is 16.7. The molecule has 0 saturated heterocycles. The molecule has 0 atom stereocenters. The van der Waals surface area contributed by atoms with Crippen LogP contribution >= 0.6 is 0 Å². The molecule has 1 amide bonds. The van der Waals surface area contributed by atoms with E-state index in [1.807, 2.05) is 46.8 Å². The van der Waals surface area contributed by atoms with E-state index in [-0.39, 0.29) is 34.4 Å². The summed E-state index contributed by atoms with van der Waals surface area (Å²) in [5.41, 5.74) is 1.35. The molecule has 7 nitrogen and oxygen atoms in total. The molecule has 0 aliphatic rings. The molecule has 0 aromatic heterocycles. The van der Waals surface area contributed by atoms with Gasteiger partial charge in [-0.25, -0.2) is 0 Å². The van der Waals surface area contributed by atoms with Gasteiger partial charge in [0.15, 0.2) is 0 Å². The van der Waals surface area contributed by atoms with E-state index in [2.05, 4.69) is 18.7 Å². The van der Waals surface area contributed by atoms with Crippen LogP contribution in [0.5, 0.6) is 11.5 Å². The van der Waals surface area contributed by atoms with Crippen LogP contribution in [0.3, 0.4) is 0 Å². The van der Waals surface area contributed by atoms with Gasteiger partial charge in [0, 0.05) is 49.9 Å². The molecule has 0 N–H and O–H groups in total. The highest BCUT2D eigenvalue weighted by atomic mass is 32.2. The zero-order valence-electron chi connectivity index (χ0n) is 23.0. The second-order valence-corrected chi connectivity index (χ2v) is 12.1. The molecule has 0 saturated carbocycles. The number of nitrogens with zero attached hydrogens (tertiary/aromatic N) is 2. The maximum atomic E-state index is 13.2. The standard InChI is InChI=1S/C28H42N2O5S/c1-9-29(10-2)23-12-11-22(20-30(19-21(3)4)27(31)18-28(5,6)7)26(17-23)35-36(32,33)25-15-13-24(34-8)14-16-25/h11-17,21H,9-10,18-20H2,1-8H3. The van der Waals surface area contributed by atoms with Crippen LogP contribution in [0, 0.1) is 11.3 Å². The van der Waals surface area contributed by atoms with Gasteiger partial charge in [0.25, 0.3) is 0 Å². The van der Waals surface area contributed by atoms with Crippen molar-refractivity contribution in [2.45, 2.75) is 66.3 Å². The predicted molar refractivity (Wildman–Crippen MR) is 145 cm³/mol. The predicted octanol–water partition coefficient (Wildman–Crippen LogP) is 5.73. The molecule has 0 fully saturated rings. The summed E-state index contributed by atoms with van der Waals surface area (Å²) in [6.07, 6.45) is 0.400. The van der Waals surface area contributed by atoms with E-state index in [1.165, 1.54) is 19.2 Å². The molecule has 200 valence electrons. The van der Waals surface area contributed by atoms with E-state index in [0.29, 0.717) is 24.3 Å². The summed E-state index contributed by atoms with van der Waals surface area (Å²) in [7, 11) is -2.58. The maximum absolute atomic E-state index is 13.2. The summed E-state index contributed by atoms with van der Waals surface area (Å²) in [4.78, 5) is 17.1. The van der Waals surface area contributed by atoms with E-state index < -0.39 is 10.1 Å². The van der Waals surface area contributed by atoms with Crippen molar-refractivity contribution in [1.29, 1.82) is 0 Å². The third-order valence-electron chi connectivity index (χ3n) is 5.71. The summed E-state index contributed by atoms with van der Waals surface area (Å²) >= 11 is 0. The van der Waals surface area contributed by atoms with Gasteiger partial charge in [-0.15, -0.1) is 0 Å². The Balaban J connectivity index is 2.50.